The van der Waals surface area contributed by atoms with Crippen LogP contribution in [0.25, 0.3) is 0 Å². The van der Waals surface area contributed by atoms with Gasteiger partial charge in [0.15, 0.2) is 11.5 Å². The number of ether oxygens (including phenoxy) is 2. The Balaban J connectivity index is 1.76. The molecule has 2 aromatic carbocycles. The van der Waals surface area contributed by atoms with Gasteiger partial charge < -0.3 is 14.8 Å². The molecule has 6 heteroatoms. The Bertz CT molecular complexity index is 735. The smallest absolute Gasteiger partial charge is 0.252 e. The summed E-state index contributed by atoms with van der Waals surface area (Å²) in [4.78, 5) is 12.3. The molecule has 1 amide bonds. The van der Waals surface area contributed by atoms with E-state index in [1.165, 1.54) is 18.2 Å². The van der Waals surface area contributed by atoms with E-state index >= 15 is 0 Å². The lowest BCUT2D eigenvalue weighted by atomic mass is 10.1. The molecular weight excluding hydrogens is 353 g/mol. The van der Waals surface area contributed by atoms with Crippen LogP contribution >= 0.6 is 15.9 Å². The van der Waals surface area contributed by atoms with Crippen molar-refractivity contribution < 1.29 is 18.7 Å². The quantitative estimate of drug-likeness (QED) is 0.899. The highest BCUT2D eigenvalue weighted by molar-refractivity contribution is 9.10. The largest absolute Gasteiger partial charge is 0.454 e. The zero-order chi connectivity index (χ0) is 15.7. The van der Waals surface area contributed by atoms with Gasteiger partial charge in [-0.15, -0.1) is 0 Å². The van der Waals surface area contributed by atoms with Gasteiger partial charge in [-0.2, -0.15) is 0 Å². The Morgan fingerprint density at radius 1 is 1.23 bits per heavy atom. The summed E-state index contributed by atoms with van der Waals surface area (Å²) in [6.07, 6.45) is 0. The van der Waals surface area contributed by atoms with E-state index in [0.717, 1.165) is 5.56 Å². The molecule has 1 unspecified atom stereocenters. The van der Waals surface area contributed by atoms with E-state index in [9.17, 15) is 9.18 Å². The second-order valence-electron chi connectivity index (χ2n) is 4.93. The van der Waals surface area contributed by atoms with Gasteiger partial charge in [0, 0.05) is 4.47 Å². The predicted molar refractivity (Wildman–Crippen MR) is 82.5 cm³/mol. The second-order valence-corrected chi connectivity index (χ2v) is 5.79. The number of fused-ring (bicyclic) bond motifs is 1. The minimum atomic E-state index is -0.396. The van der Waals surface area contributed by atoms with Crippen LogP contribution in [0, 0.1) is 5.82 Å². The van der Waals surface area contributed by atoms with Gasteiger partial charge in [-0.05, 0) is 58.7 Å². The van der Waals surface area contributed by atoms with Crippen molar-refractivity contribution in [3.8, 4) is 11.5 Å². The van der Waals surface area contributed by atoms with Gasteiger partial charge in [0.25, 0.3) is 5.91 Å². The highest BCUT2D eigenvalue weighted by atomic mass is 79.9. The van der Waals surface area contributed by atoms with E-state index in [-0.39, 0.29) is 18.7 Å². The van der Waals surface area contributed by atoms with Crippen LogP contribution < -0.4 is 14.8 Å². The summed E-state index contributed by atoms with van der Waals surface area (Å²) in [5.41, 5.74) is 1.28. The summed E-state index contributed by atoms with van der Waals surface area (Å²) in [7, 11) is 0. The third-order valence-electron chi connectivity index (χ3n) is 3.42. The van der Waals surface area contributed by atoms with Crippen molar-refractivity contribution in [2.24, 2.45) is 0 Å². The molecule has 1 aliphatic rings. The minimum Gasteiger partial charge on any atom is -0.454 e. The van der Waals surface area contributed by atoms with Crippen LogP contribution in [0.3, 0.4) is 0 Å². The fourth-order valence-electron chi connectivity index (χ4n) is 2.21. The molecule has 1 atom stereocenters. The molecule has 0 aliphatic carbocycles. The number of hydrogen-bond donors (Lipinski definition) is 1. The Labute approximate surface area is 135 Å². The summed E-state index contributed by atoms with van der Waals surface area (Å²) in [6.45, 7) is 2.08. The Kier molecular flexibility index (Phi) is 4.02. The molecule has 1 aliphatic heterocycles. The van der Waals surface area contributed by atoms with Gasteiger partial charge in [-0.25, -0.2) is 4.39 Å². The van der Waals surface area contributed by atoms with E-state index < -0.39 is 5.82 Å². The summed E-state index contributed by atoms with van der Waals surface area (Å²) in [6, 6.07) is 9.27. The molecule has 3 rings (SSSR count). The maximum atomic E-state index is 13.1. The van der Waals surface area contributed by atoms with Crippen LogP contribution in [0.4, 0.5) is 4.39 Å². The zero-order valence-corrected chi connectivity index (χ0v) is 13.3. The number of halogens is 2. The molecule has 0 spiro atoms. The molecule has 1 N–H and O–H groups in total. The van der Waals surface area contributed by atoms with Crippen LogP contribution in [-0.4, -0.2) is 12.7 Å². The Morgan fingerprint density at radius 3 is 2.77 bits per heavy atom. The first-order valence-corrected chi connectivity index (χ1v) is 7.49. The van der Waals surface area contributed by atoms with E-state index in [4.69, 9.17) is 9.47 Å². The van der Waals surface area contributed by atoms with Gasteiger partial charge in [0.1, 0.15) is 5.82 Å². The summed E-state index contributed by atoms with van der Waals surface area (Å²) in [5, 5.41) is 2.88. The molecule has 0 saturated carbocycles. The number of amides is 1. The maximum absolute atomic E-state index is 13.1. The van der Waals surface area contributed by atoms with Crippen LogP contribution in [0.5, 0.6) is 11.5 Å². The van der Waals surface area contributed by atoms with Crippen LogP contribution in [0.15, 0.2) is 40.9 Å². The molecule has 0 bridgehead atoms. The first kappa shape index (κ1) is 14.8. The topological polar surface area (TPSA) is 47.6 Å². The maximum Gasteiger partial charge on any atom is 0.252 e. The lowest BCUT2D eigenvalue weighted by molar-refractivity contribution is 0.0939. The average molecular weight is 366 g/mol. The van der Waals surface area contributed by atoms with Gasteiger partial charge in [0.05, 0.1) is 11.6 Å². The van der Waals surface area contributed by atoms with Gasteiger partial charge >= 0.3 is 0 Å². The number of carbonyl (C=O) groups is 1. The fraction of sp³-hybridized carbons (Fsp3) is 0.188. The average Bonchev–Trinajstić information content (AvgIpc) is 2.94. The van der Waals surface area contributed by atoms with Crippen molar-refractivity contribution in [3.63, 3.8) is 0 Å². The van der Waals surface area contributed by atoms with Crippen LogP contribution in [0.1, 0.15) is 28.9 Å². The number of carbonyl (C=O) groups excluding carboxylic acids is 1. The molecule has 0 saturated heterocycles. The lowest BCUT2D eigenvalue weighted by Gasteiger charge is -2.15. The van der Waals surface area contributed by atoms with Gasteiger partial charge in [-0.3, -0.25) is 4.79 Å². The van der Waals surface area contributed by atoms with Crippen molar-refractivity contribution in [3.05, 3.63) is 57.8 Å². The zero-order valence-electron chi connectivity index (χ0n) is 11.7. The molecule has 114 valence electrons. The summed E-state index contributed by atoms with van der Waals surface area (Å²) < 4.78 is 24.1. The second kappa shape index (κ2) is 5.96. The summed E-state index contributed by atoms with van der Waals surface area (Å²) >= 11 is 3.20. The predicted octanol–water partition coefficient (Wildman–Crippen LogP) is 3.81. The third kappa shape index (κ3) is 2.92. The van der Waals surface area contributed by atoms with Crippen molar-refractivity contribution in [1.82, 2.24) is 5.32 Å². The van der Waals surface area contributed by atoms with Crippen molar-refractivity contribution in [2.45, 2.75) is 13.0 Å². The van der Waals surface area contributed by atoms with Gasteiger partial charge in [-0.1, -0.05) is 6.07 Å². The SMILES string of the molecule is CC(NC(=O)c1ccc(F)cc1Br)c1ccc2c(c1)OCO2. The molecular formula is C16H13BrFNO3. The van der Waals surface area contributed by atoms with E-state index in [2.05, 4.69) is 21.2 Å². The third-order valence-corrected chi connectivity index (χ3v) is 4.08. The van der Waals surface area contributed by atoms with E-state index in [1.54, 1.807) is 0 Å². The molecule has 22 heavy (non-hydrogen) atoms. The number of nitrogens with one attached hydrogen (secondary N) is 1. The summed E-state index contributed by atoms with van der Waals surface area (Å²) in [5.74, 6) is 0.689. The van der Waals surface area contributed by atoms with E-state index in [1.807, 2.05) is 25.1 Å². The highest BCUT2D eigenvalue weighted by Crippen LogP contribution is 2.34. The molecule has 1 heterocycles. The Hall–Kier alpha value is -2.08. The van der Waals surface area contributed by atoms with Crippen molar-refractivity contribution in [1.29, 1.82) is 0 Å². The lowest BCUT2D eigenvalue weighted by Crippen LogP contribution is -2.27. The molecule has 4 nitrogen and oxygen atoms in total. The normalized spacial score (nSPS) is 13.8. The van der Waals surface area contributed by atoms with E-state index in [0.29, 0.717) is 21.5 Å². The van der Waals surface area contributed by atoms with Crippen LogP contribution in [0.2, 0.25) is 0 Å². The van der Waals surface area contributed by atoms with Crippen LogP contribution in [-0.2, 0) is 0 Å². The Morgan fingerprint density at radius 2 is 2.00 bits per heavy atom. The molecule has 2 aromatic rings. The van der Waals surface area contributed by atoms with Crippen molar-refractivity contribution >= 4 is 21.8 Å². The highest BCUT2D eigenvalue weighted by Gasteiger charge is 2.18. The monoisotopic (exact) mass is 365 g/mol. The number of rotatable bonds is 3. The van der Waals surface area contributed by atoms with Crippen molar-refractivity contribution in [2.75, 3.05) is 6.79 Å². The molecule has 0 aromatic heterocycles. The minimum absolute atomic E-state index is 0.210. The van der Waals surface area contributed by atoms with Gasteiger partial charge in [0.2, 0.25) is 6.79 Å². The molecule has 0 radical (unpaired) electrons. The fourth-order valence-corrected chi connectivity index (χ4v) is 2.74. The number of hydrogen-bond acceptors (Lipinski definition) is 3. The first-order valence-electron chi connectivity index (χ1n) is 6.70. The standard InChI is InChI=1S/C16H13BrFNO3/c1-9(10-2-5-14-15(6-10)22-8-21-14)19-16(20)12-4-3-11(18)7-13(12)17/h2-7,9H,8H2,1H3,(H,19,20). The first-order chi connectivity index (χ1) is 10.5. The molecule has 0 fully saturated rings. The number of benzene rings is 2.